The molecule has 0 aliphatic carbocycles. The van der Waals surface area contributed by atoms with Gasteiger partial charge in [0.05, 0.1) is 0 Å². The Morgan fingerprint density at radius 3 is 2.39 bits per heavy atom. The fourth-order valence-corrected chi connectivity index (χ4v) is 3.13. The molecule has 1 heteroatoms. The number of furan rings is 1. The molecule has 4 rings (SSSR count). The molecule has 23 heavy (non-hydrogen) atoms. The van der Waals surface area contributed by atoms with Crippen molar-refractivity contribution in [3.8, 4) is 11.1 Å². The monoisotopic (exact) mass is 296 g/mol. The molecule has 0 fully saturated rings. The zero-order valence-electron chi connectivity index (χ0n) is 12.8. The van der Waals surface area contributed by atoms with Crippen molar-refractivity contribution < 1.29 is 4.42 Å². The minimum atomic E-state index is 0.912. The van der Waals surface area contributed by atoms with Gasteiger partial charge in [0.1, 0.15) is 11.2 Å². The molecule has 0 atom stereocenters. The third kappa shape index (κ3) is 2.09. The summed E-state index contributed by atoms with van der Waals surface area (Å²) >= 11 is 0. The molecule has 3 aromatic carbocycles. The van der Waals surface area contributed by atoms with E-state index >= 15 is 0 Å². The Balaban J connectivity index is 2.01. The zero-order valence-corrected chi connectivity index (χ0v) is 12.8. The van der Waals surface area contributed by atoms with Crippen LogP contribution >= 0.6 is 0 Å². The standard InChI is InChI=1S/C22H16O/c1-3-15-8-7-10-18(17(15)4-2)16-12-13-22-20(14-16)19-9-5-6-11-21(19)23-22/h3-14H,1-2H2. The van der Waals surface area contributed by atoms with Crippen molar-refractivity contribution in [2.75, 3.05) is 0 Å². The number of hydrogen-bond acceptors (Lipinski definition) is 1. The Bertz CT molecular complexity index is 1050. The second-order valence-corrected chi connectivity index (χ2v) is 5.53. The largest absolute Gasteiger partial charge is 0.456 e. The van der Waals surface area contributed by atoms with Crippen LogP contribution in [-0.4, -0.2) is 0 Å². The lowest BCUT2D eigenvalue weighted by Gasteiger charge is -2.09. The molecule has 0 bridgehead atoms. The van der Waals surface area contributed by atoms with Crippen molar-refractivity contribution in [1.82, 2.24) is 0 Å². The van der Waals surface area contributed by atoms with E-state index < -0.39 is 0 Å². The second-order valence-electron chi connectivity index (χ2n) is 5.53. The predicted molar refractivity (Wildman–Crippen MR) is 99.3 cm³/mol. The lowest BCUT2D eigenvalue weighted by molar-refractivity contribution is 0.669. The van der Waals surface area contributed by atoms with Gasteiger partial charge in [0, 0.05) is 10.8 Å². The summed E-state index contributed by atoms with van der Waals surface area (Å²) in [6, 6.07) is 20.7. The molecule has 0 aliphatic rings. The molecule has 0 saturated carbocycles. The van der Waals surface area contributed by atoms with Crippen LogP contribution in [0.3, 0.4) is 0 Å². The van der Waals surface area contributed by atoms with Gasteiger partial charge in [0.2, 0.25) is 0 Å². The van der Waals surface area contributed by atoms with E-state index in [4.69, 9.17) is 4.42 Å². The summed E-state index contributed by atoms with van der Waals surface area (Å²) in [6.45, 7) is 7.86. The Morgan fingerprint density at radius 2 is 1.57 bits per heavy atom. The highest BCUT2D eigenvalue weighted by molar-refractivity contribution is 6.06. The van der Waals surface area contributed by atoms with Gasteiger partial charge in [-0.2, -0.15) is 0 Å². The molecule has 0 unspecified atom stereocenters. The van der Waals surface area contributed by atoms with E-state index in [2.05, 4.69) is 49.6 Å². The Hall–Kier alpha value is -3.06. The third-order valence-corrected chi connectivity index (χ3v) is 4.25. The highest BCUT2D eigenvalue weighted by Gasteiger charge is 2.10. The molecule has 0 amide bonds. The normalized spacial score (nSPS) is 11.0. The van der Waals surface area contributed by atoms with Crippen molar-refractivity contribution >= 4 is 34.1 Å². The molecule has 0 radical (unpaired) electrons. The number of para-hydroxylation sites is 1. The first-order valence-electron chi connectivity index (χ1n) is 7.61. The average molecular weight is 296 g/mol. The van der Waals surface area contributed by atoms with Crippen molar-refractivity contribution in [3.05, 3.63) is 84.9 Å². The summed E-state index contributed by atoms with van der Waals surface area (Å²) in [7, 11) is 0. The molecule has 0 aliphatic heterocycles. The van der Waals surface area contributed by atoms with Crippen molar-refractivity contribution in [1.29, 1.82) is 0 Å². The quantitative estimate of drug-likeness (QED) is 0.418. The lowest BCUT2D eigenvalue weighted by Crippen LogP contribution is -1.87. The third-order valence-electron chi connectivity index (χ3n) is 4.25. The molecule has 0 spiro atoms. The van der Waals surface area contributed by atoms with E-state index in [9.17, 15) is 0 Å². The molecule has 110 valence electrons. The minimum absolute atomic E-state index is 0.912. The summed E-state index contributed by atoms with van der Waals surface area (Å²) in [5, 5.41) is 2.28. The van der Waals surface area contributed by atoms with Crippen LogP contribution in [0.15, 0.2) is 78.2 Å². The number of benzene rings is 3. The van der Waals surface area contributed by atoms with Crippen LogP contribution in [-0.2, 0) is 0 Å². The molecule has 1 nitrogen and oxygen atoms in total. The van der Waals surface area contributed by atoms with Gasteiger partial charge in [-0.3, -0.25) is 0 Å². The molecule has 1 heterocycles. The van der Waals surface area contributed by atoms with Gasteiger partial charge in [-0.15, -0.1) is 0 Å². The summed E-state index contributed by atoms with van der Waals surface area (Å²) in [5.41, 5.74) is 6.34. The maximum atomic E-state index is 5.91. The van der Waals surface area contributed by atoms with Crippen LogP contribution in [0.4, 0.5) is 0 Å². The van der Waals surface area contributed by atoms with E-state index in [0.29, 0.717) is 0 Å². The second kappa shape index (κ2) is 5.29. The number of fused-ring (bicyclic) bond motifs is 3. The van der Waals surface area contributed by atoms with Crippen LogP contribution in [0.1, 0.15) is 11.1 Å². The Labute approximate surface area is 135 Å². The number of hydrogen-bond donors (Lipinski definition) is 0. The topological polar surface area (TPSA) is 13.1 Å². The first kappa shape index (κ1) is 13.6. The zero-order chi connectivity index (χ0) is 15.8. The van der Waals surface area contributed by atoms with Crippen LogP contribution in [0.2, 0.25) is 0 Å². The van der Waals surface area contributed by atoms with Gasteiger partial charge < -0.3 is 4.42 Å². The molecular weight excluding hydrogens is 280 g/mol. The molecule has 0 saturated heterocycles. The van der Waals surface area contributed by atoms with Crippen LogP contribution < -0.4 is 0 Å². The van der Waals surface area contributed by atoms with Gasteiger partial charge in [0.25, 0.3) is 0 Å². The summed E-state index contributed by atoms with van der Waals surface area (Å²) in [5.74, 6) is 0. The van der Waals surface area contributed by atoms with Gasteiger partial charge in [-0.05, 0) is 40.5 Å². The van der Waals surface area contributed by atoms with Gasteiger partial charge in [-0.25, -0.2) is 0 Å². The van der Waals surface area contributed by atoms with E-state index in [1.807, 2.05) is 36.4 Å². The van der Waals surface area contributed by atoms with E-state index in [-0.39, 0.29) is 0 Å². The molecule has 0 N–H and O–H groups in total. The first-order chi connectivity index (χ1) is 11.3. The minimum Gasteiger partial charge on any atom is -0.456 e. The maximum absolute atomic E-state index is 5.91. The van der Waals surface area contributed by atoms with E-state index in [1.165, 1.54) is 0 Å². The predicted octanol–water partition coefficient (Wildman–Crippen LogP) is 6.54. The van der Waals surface area contributed by atoms with Crippen molar-refractivity contribution in [2.45, 2.75) is 0 Å². The van der Waals surface area contributed by atoms with Crippen LogP contribution in [0, 0.1) is 0 Å². The first-order valence-corrected chi connectivity index (χ1v) is 7.61. The fraction of sp³-hybridized carbons (Fsp3) is 0. The lowest BCUT2D eigenvalue weighted by atomic mass is 9.94. The Morgan fingerprint density at radius 1 is 0.739 bits per heavy atom. The number of rotatable bonds is 3. The molecular formula is C22H16O. The van der Waals surface area contributed by atoms with E-state index in [0.717, 1.165) is 44.2 Å². The highest BCUT2D eigenvalue weighted by atomic mass is 16.3. The fourth-order valence-electron chi connectivity index (χ4n) is 3.13. The average Bonchev–Trinajstić information content (AvgIpc) is 2.98. The van der Waals surface area contributed by atoms with Crippen LogP contribution in [0.25, 0.3) is 45.2 Å². The van der Waals surface area contributed by atoms with Crippen LogP contribution in [0.5, 0.6) is 0 Å². The molecule has 1 aromatic heterocycles. The van der Waals surface area contributed by atoms with Gasteiger partial charge in [-0.1, -0.05) is 67.8 Å². The Kier molecular flexibility index (Phi) is 3.13. The summed E-state index contributed by atoms with van der Waals surface area (Å²) < 4.78 is 5.91. The van der Waals surface area contributed by atoms with Gasteiger partial charge in [0.15, 0.2) is 0 Å². The summed E-state index contributed by atoms with van der Waals surface area (Å²) in [6.07, 6.45) is 3.76. The smallest absolute Gasteiger partial charge is 0.135 e. The summed E-state index contributed by atoms with van der Waals surface area (Å²) in [4.78, 5) is 0. The van der Waals surface area contributed by atoms with E-state index in [1.54, 1.807) is 0 Å². The van der Waals surface area contributed by atoms with Gasteiger partial charge >= 0.3 is 0 Å². The maximum Gasteiger partial charge on any atom is 0.135 e. The van der Waals surface area contributed by atoms with Crippen molar-refractivity contribution in [2.24, 2.45) is 0 Å². The molecule has 4 aromatic rings. The SMILES string of the molecule is C=Cc1cccc(-c2ccc3oc4ccccc4c3c2)c1C=C. The van der Waals surface area contributed by atoms with Crippen molar-refractivity contribution in [3.63, 3.8) is 0 Å². The highest BCUT2D eigenvalue weighted by Crippen LogP contribution is 2.34.